The summed E-state index contributed by atoms with van der Waals surface area (Å²) in [5.41, 5.74) is 6.31. The third-order valence-electron chi connectivity index (χ3n) is 9.96. The van der Waals surface area contributed by atoms with E-state index in [-0.39, 0.29) is 0 Å². The van der Waals surface area contributed by atoms with Crippen LogP contribution >= 0.6 is 0 Å². The van der Waals surface area contributed by atoms with Crippen LogP contribution in [-0.4, -0.2) is 0 Å². The molecule has 43 heavy (non-hydrogen) atoms. The molecule has 0 aliphatic rings. The van der Waals surface area contributed by atoms with Gasteiger partial charge in [-0.1, -0.05) is 162 Å². The molecule has 0 aliphatic carbocycles. The molecule has 5 atom stereocenters. The van der Waals surface area contributed by atoms with Crippen LogP contribution in [0.15, 0.2) is 121 Å². The molecule has 0 N–H and O–H groups in total. The summed E-state index contributed by atoms with van der Waals surface area (Å²) in [4.78, 5) is 0. The van der Waals surface area contributed by atoms with E-state index in [9.17, 15) is 0 Å². The molecule has 0 amide bonds. The van der Waals surface area contributed by atoms with Crippen molar-refractivity contribution in [2.75, 3.05) is 0 Å². The molecule has 0 aliphatic heterocycles. The second kappa shape index (κ2) is 16.7. The molecular formula is C43H56. The van der Waals surface area contributed by atoms with Gasteiger partial charge in [-0.15, -0.1) is 0 Å². The van der Waals surface area contributed by atoms with Crippen LogP contribution in [0.3, 0.4) is 0 Å². The van der Waals surface area contributed by atoms with Crippen LogP contribution in [0.1, 0.15) is 132 Å². The van der Waals surface area contributed by atoms with Crippen molar-refractivity contribution in [1.29, 1.82) is 0 Å². The quantitative estimate of drug-likeness (QED) is 0.118. The highest BCUT2D eigenvalue weighted by molar-refractivity contribution is 5.25. The molecular weight excluding hydrogens is 516 g/mol. The predicted molar refractivity (Wildman–Crippen MR) is 188 cm³/mol. The maximum Gasteiger partial charge on any atom is -0.0156 e. The Balaban J connectivity index is 1.36. The van der Waals surface area contributed by atoms with E-state index in [0.29, 0.717) is 29.1 Å². The van der Waals surface area contributed by atoms with Gasteiger partial charge in [-0.25, -0.2) is 0 Å². The van der Waals surface area contributed by atoms with Gasteiger partial charge in [-0.05, 0) is 102 Å². The highest BCUT2D eigenvalue weighted by Gasteiger charge is 2.26. The SMILES string of the molecule is CCC(CC(CCC(C)(C)CC(C)CCC(CC(C)c1ccccc1)c1ccccc1)c1ccccc1)c1ccccc1. The lowest BCUT2D eigenvalue weighted by Crippen LogP contribution is -2.18. The molecule has 0 heteroatoms. The zero-order valence-corrected chi connectivity index (χ0v) is 27.6. The number of hydrogen-bond donors (Lipinski definition) is 0. The highest BCUT2D eigenvalue weighted by atomic mass is 14.3. The Morgan fingerprint density at radius 2 is 0.907 bits per heavy atom. The van der Waals surface area contributed by atoms with Gasteiger partial charge in [0.1, 0.15) is 0 Å². The maximum atomic E-state index is 2.52. The minimum atomic E-state index is 0.334. The molecule has 0 spiro atoms. The monoisotopic (exact) mass is 572 g/mol. The zero-order chi connectivity index (χ0) is 30.5. The summed E-state index contributed by atoms with van der Waals surface area (Å²) < 4.78 is 0. The van der Waals surface area contributed by atoms with E-state index < -0.39 is 0 Å². The van der Waals surface area contributed by atoms with Crippen molar-refractivity contribution >= 4 is 0 Å². The summed E-state index contributed by atoms with van der Waals surface area (Å²) in [5, 5.41) is 0. The summed E-state index contributed by atoms with van der Waals surface area (Å²) in [6, 6.07) is 44.9. The predicted octanol–water partition coefficient (Wildman–Crippen LogP) is 12.9. The molecule has 0 bridgehead atoms. The fourth-order valence-electron chi connectivity index (χ4n) is 7.44. The first-order chi connectivity index (χ1) is 20.8. The van der Waals surface area contributed by atoms with Crippen LogP contribution in [0.5, 0.6) is 0 Å². The number of benzene rings is 4. The molecule has 0 saturated heterocycles. The Hall–Kier alpha value is -3.12. The van der Waals surface area contributed by atoms with E-state index in [1.54, 1.807) is 0 Å². The van der Waals surface area contributed by atoms with E-state index >= 15 is 0 Å². The number of hydrogen-bond acceptors (Lipinski definition) is 0. The fourth-order valence-corrected chi connectivity index (χ4v) is 7.44. The topological polar surface area (TPSA) is 0 Å². The molecule has 228 valence electrons. The average Bonchev–Trinajstić information content (AvgIpc) is 3.04. The van der Waals surface area contributed by atoms with Gasteiger partial charge in [0.05, 0.1) is 0 Å². The van der Waals surface area contributed by atoms with E-state index in [1.165, 1.54) is 73.6 Å². The van der Waals surface area contributed by atoms with Crippen molar-refractivity contribution in [2.45, 2.75) is 110 Å². The van der Waals surface area contributed by atoms with Crippen molar-refractivity contribution in [3.8, 4) is 0 Å². The normalized spacial score (nSPS) is 15.4. The van der Waals surface area contributed by atoms with Crippen molar-refractivity contribution < 1.29 is 0 Å². The molecule has 0 fully saturated rings. The van der Waals surface area contributed by atoms with Gasteiger partial charge < -0.3 is 0 Å². The van der Waals surface area contributed by atoms with Gasteiger partial charge in [-0.2, -0.15) is 0 Å². The molecule has 0 heterocycles. The molecule has 4 aromatic carbocycles. The van der Waals surface area contributed by atoms with Crippen LogP contribution in [0.4, 0.5) is 0 Å². The second-order valence-corrected chi connectivity index (χ2v) is 14.1. The first-order valence-electron chi connectivity index (χ1n) is 17.0. The summed E-state index contributed by atoms with van der Waals surface area (Å²) in [7, 11) is 0. The van der Waals surface area contributed by atoms with Crippen molar-refractivity contribution in [3.05, 3.63) is 144 Å². The minimum absolute atomic E-state index is 0.334. The third-order valence-corrected chi connectivity index (χ3v) is 9.96. The van der Waals surface area contributed by atoms with Gasteiger partial charge in [0.25, 0.3) is 0 Å². The van der Waals surface area contributed by atoms with Crippen LogP contribution in [0.25, 0.3) is 0 Å². The van der Waals surface area contributed by atoms with E-state index in [1.807, 2.05) is 0 Å². The Labute approximate surface area is 264 Å². The summed E-state index contributed by atoms with van der Waals surface area (Å²) in [6.45, 7) is 12.3. The second-order valence-electron chi connectivity index (χ2n) is 14.1. The highest BCUT2D eigenvalue weighted by Crippen LogP contribution is 2.41. The first kappa shape index (κ1) is 32.8. The Kier molecular flexibility index (Phi) is 12.7. The van der Waals surface area contributed by atoms with E-state index in [0.717, 1.165) is 5.92 Å². The summed E-state index contributed by atoms with van der Waals surface area (Å²) >= 11 is 0. The smallest absolute Gasteiger partial charge is 0.0156 e. The van der Waals surface area contributed by atoms with Gasteiger partial charge in [0, 0.05) is 0 Å². The van der Waals surface area contributed by atoms with Crippen LogP contribution < -0.4 is 0 Å². The van der Waals surface area contributed by atoms with Crippen molar-refractivity contribution in [2.24, 2.45) is 11.3 Å². The van der Waals surface area contributed by atoms with Crippen LogP contribution in [0.2, 0.25) is 0 Å². The van der Waals surface area contributed by atoms with Crippen LogP contribution in [0, 0.1) is 11.3 Å². The van der Waals surface area contributed by atoms with Gasteiger partial charge in [0.2, 0.25) is 0 Å². The lowest BCUT2D eigenvalue weighted by atomic mass is 9.73. The zero-order valence-electron chi connectivity index (χ0n) is 27.6. The fraction of sp³-hybridized carbons (Fsp3) is 0.442. The first-order valence-corrected chi connectivity index (χ1v) is 17.0. The maximum absolute atomic E-state index is 2.52. The van der Waals surface area contributed by atoms with Gasteiger partial charge >= 0.3 is 0 Å². The Morgan fingerprint density at radius 1 is 0.488 bits per heavy atom. The molecule has 4 rings (SSSR count). The molecule has 0 nitrogen and oxygen atoms in total. The third kappa shape index (κ3) is 10.5. The molecule has 0 radical (unpaired) electrons. The average molecular weight is 573 g/mol. The van der Waals surface area contributed by atoms with Crippen LogP contribution in [-0.2, 0) is 0 Å². The van der Waals surface area contributed by atoms with Gasteiger partial charge in [-0.3, -0.25) is 0 Å². The Morgan fingerprint density at radius 3 is 1.37 bits per heavy atom. The summed E-state index contributed by atoms with van der Waals surface area (Å²) in [6.07, 6.45) is 10.0. The largest absolute Gasteiger partial charge is 0.0648 e. The molecule has 0 aromatic heterocycles. The molecule has 5 unspecified atom stereocenters. The number of rotatable bonds is 17. The minimum Gasteiger partial charge on any atom is -0.0648 e. The molecule has 4 aromatic rings. The lowest BCUT2D eigenvalue weighted by Gasteiger charge is -2.32. The van der Waals surface area contributed by atoms with Crippen molar-refractivity contribution in [1.82, 2.24) is 0 Å². The Bertz CT molecular complexity index is 1280. The lowest BCUT2D eigenvalue weighted by molar-refractivity contribution is 0.230. The van der Waals surface area contributed by atoms with E-state index in [2.05, 4.69) is 156 Å². The molecule has 0 saturated carbocycles. The van der Waals surface area contributed by atoms with Crippen molar-refractivity contribution in [3.63, 3.8) is 0 Å². The standard InChI is InChI=1S/C43H56/c1-6-36(38-21-13-8-14-22-38)32-42(40-25-17-10-18-26-40)29-30-43(4,5)33-34(2)27-28-41(39-23-15-9-16-24-39)31-35(3)37-19-11-7-12-20-37/h7-26,34-36,41-42H,6,27-33H2,1-5H3. The summed E-state index contributed by atoms with van der Waals surface area (Å²) in [5.74, 6) is 3.10. The van der Waals surface area contributed by atoms with Gasteiger partial charge in [0.15, 0.2) is 0 Å². The van der Waals surface area contributed by atoms with E-state index in [4.69, 9.17) is 0 Å².